The van der Waals surface area contributed by atoms with E-state index in [0.717, 1.165) is 6.42 Å². The molecule has 1 heterocycles. The first-order valence-corrected chi connectivity index (χ1v) is 6.13. The SMILES string of the molecule is CSc1cncc(Cc2ccccc2)c1. The van der Waals surface area contributed by atoms with Crippen LogP contribution in [0.25, 0.3) is 0 Å². The summed E-state index contributed by atoms with van der Waals surface area (Å²) in [6.07, 6.45) is 6.87. The second kappa shape index (κ2) is 4.99. The van der Waals surface area contributed by atoms with Gasteiger partial charge in [-0.05, 0) is 29.9 Å². The lowest BCUT2D eigenvalue weighted by Crippen LogP contribution is -1.89. The summed E-state index contributed by atoms with van der Waals surface area (Å²) in [7, 11) is 0. The van der Waals surface area contributed by atoms with Crippen LogP contribution in [0.15, 0.2) is 53.7 Å². The highest BCUT2D eigenvalue weighted by Crippen LogP contribution is 2.16. The minimum absolute atomic E-state index is 0.961. The summed E-state index contributed by atoms with van der Waals surface area (Å²) in [4.78, 5) is 5.46. The molecule has 0 aliphatic carbocycles. The zero-order valence-electron chi connectivity index (χ0n) is 8.68. The van der Waals surface area contributed by atoms with E-state index in [1.165, 1.54) is 16.0 Å². The highest BCUT2D eigenvalue weighted by Gasteiger charge is 1.97. The number of aromatic nitrogens is 1. The number of pyridine rings is 1. The smallest absolute Gasteiger partial charge is 0.0404 e. The van der Waals surface area contributed by atoms with E-state index in [-0.39, 0.29) is 0 Å². The molecule has 0 aliphatic rings. The molecule has 1 aromatic heterocycles. The minimum Gasteiger partial charge on any atom is -0.263 e. The van der Waals surface area contributed by atoms with Crippen molar-refractivity contribution in [1.29, 1.82) is 0 Å². The van der Waals surface area contributed by atoms with Crippen LogP contribution < -0.4 is 0 Å². The van der Waals surface area contributed by atoms with Gasteiger partial charge in [-0.3, -0.25) is 4.98 Å². The zero-order valence-corrected chi connectivity index (χ0v) is 9.50. The fourth-order valence-electron chi connectivity index (χ4n) is 1.50. The third-order valence-corrected chi connectivity index (χ3v) is 2.95. The Balaban J connectivity index is 2.17. The van der Waals surface area contributed by atoms with E-state index in [2.05, 4.69) is 41.6 Å². The average molecular weight is 215 g/mol. The van der Waals surface area contributed by atoms with Gasteiger partial charge in [0.05, 0.1) is 0 Å². The van der Waals surface area contributed by atoms with Crippen LogP contribution in [0.2, 0.25) is 0 Å². The molecule has 0 aliphatic heterocycles. The summed E-state index contributed by atoms with van der Waals surface area (Å²) < 4.78 is 0. The van der Waals surface area contributed by atoms with E-state index in [1.807, 2.05) is 18.5 Å². The molecule has 0 atom stereocenters. The topological polar surface area (TPSA) is 12.9 Å². The van der Waals surface area contributed by atoms with Crippen molar-refractivity contribution < 1.29 is 0 Å². The van der Waals surface area contributed by atoms with E-state index in [0.29, 0.717) is 0 Å². The molecule has 0 unspecified atom stereocenters. The van der Waals surface area contributed by atoms with Gasteiger partial charge in [0.25, 0.3) is 0 Å². The largest absolute Gasteiger partial charge is 0.263 e. The van der Waals surface area contributed by atoms with Gasteiger partial charge in [-0.15, -0.1) is 11.8 Å². The van der Waals surface area contributed by atoms with Gasteiger partial charge in [-0.2, -0.15) is 0 Å². The van der Waals surface area contributed by atoms with Crippen LogP contribution in [0, 0.1) is 0 Å². The highest BCUT2D eigenvalue weighted by atomic mass is 32.2. The maximum Gasteiger partial charge on any atom is 0.0404 e. The summed E-state index contributed by atoms with van der Waals surface area (Å²) in [5, 5.41) is 0. The van der Waals surface area contributed by atoms with E-state index < -0.39 is 0 Å². The van der Waals surface area contributed by atoms with Crippen molar-refractivity contribution in [2.75, 3.05) is 6.26 Å². The first-order chi connectivity index (χ1) is 7.38. The van der Waals surface area contributed by atoms with Gasteiger partial charge in [-0.25, -0.2) is 0 Å². The molecule has 0 amide bonds. The van der Waals surface area contributed by atoms with E-state index in [9.17, 15) is 0 Å². The summed E-state index contributed by atoms with van der Waals surface area (Å²) >= 11 is 1.73. The van der Waals surface area contributed by atoms with Crippen molar-refractivity contribution in [1.82, 2.24) is 4.98 Å². The molecule has 0 fully saturated rings. The molecule has 1 aromatic carbocycles. The first-order valence-electron chi connectivity index (χ1n) is 4.90. The van der Waals surface area contributed by atoms with Crippen LogP contribution in [0.1, 0.15) is 11.1 Å². The molecule has 2 rings (SSSR count). The predicted molar refractivity (Wildman–Crippen MR) is 65.3 cm³/mol. The third kappa shape index (κ3) is 2.83. The summed E-state index contributed by atoms with van der Waals surface area (Å²) in [5.41, 5.74) is 2.60. The zero-order chi connectivity index (χ0) is 10.5. The van der Waals surface area contributed by atoms with Crippen LogP contribution >= 0.6 is 11.8 Å². The van der Waals surface area contributed by atoms with Crippen LogP contribution in [0.3, 0.4) is 0 Å². The molecular weight excluding hydrogens is 202 g/mol. The lowest BCUT2D eigenvalue weighted by molar-refractivity contribution is 1.11. The van der Waals surface area contributed by atoms with Crippen LogP contribution in [-0.4, -0.2) is 11.2 Å². The molecule has 2 heteroatoms. The fraction of sp³-hybridized carbons (Fsp3) is 0.154. The lowest BCUT2D eigenvalue weighted by atomic mass is 10.1. The molecule has 0 saturated carbocycles. The quantitative estimate of drug-likeness (QED) is 0.728. The normalized spacial score (nSPS) is 10.2. The Bertz CT molecular complexity index is 426. The molecule has 0 spiro atoms. The second-order valence-corrected chi connectivity index (χ2v) is 4.28. The first kappa shape index (κ1) is 10.2. The minimum atomic E-state index is 0.961. The average Bonchev–Trinajstić information content (AvgIpc) is 2.31. The van der Waals surface area contributed by atoms with Crippen molar-refractivity contribution in [2.24, 2.45) is 0 Å². The maximum absolute atomic E-state index is 4.23. The number of rotatable bonds is 3. The second-order valence-electron chi connectivity index (χ2n) is 3.40. The highest BCUT2D eigenvalue weighted by molar-refractivity contribution is 7.98. The fourth-order valence-corrected chi connectivity index (χ4v) is 1.94. The Kier molecular flexibility index (Phi) is 3.41. The van der Waals surface area contributed by atoms with Gasteiger partial charge in [0.2, 0.25) is 0 Å². The Labute approximate surface area is 94.6 Å². The van der Waals surface area contributed by atoms with Gasteiger partial charge in [0, 0.05) is 17.3 Å². The Hall–Kier alpha value is -1.28. The predicted octanol–water partition coefficient (Wildman–Crippen LogP) is 3.39. The molecule has 0 saturated heterocycles. The van der Waals surface area contributed by atoms with Gasteiger partial charge >= 0.3 is 0 Å². The van der Waals surface area contributed by atoms with Gasteiger partial charge in [0.15, 0.2) is 0 Å². The van der Waals surface area contributed by atoms with Crippen molar-refractivity contribution in [3.8, 4) is 0 Å². The van der Waals surface area contributed by atoms with E-state index in [1.54, 1.807) is 11.8 Å². The standard InChI is InChI=1S/C13H13NS/c1-15-13-8-12(9-14-10-13)7-11-5-3-2-4-6-11/h2-6,8-10H,7H2,1H3. The van der Waals surface area contributed by atoms with Crippen molar-refractivity contribution in [3.63, 3.8) is 0 Å². The number of hydrogen-bond donors (Lipinski definition) is 0. The molecular formula is C13H13NS. The molecule has 2 aromatic rings. The molecule has 0 bridgehead atoms. The van der Waals surface area contributed by atoms with Crippen LogP contribution in [0.5, 0.6) is 0 Å². The number of benzene rings is 1. The van der Waals surface area contributed by atoms with E-state index in [4.69, 9.17) is 0 Å². The van der Waals surface area contributed by atoms with Crippen molar-refractivity contribution in [3.05, 3.63) is 59.9 Å². The van der Waals surface area contributed by atoms with Gasteiger partial charge in [0.1, 0.15) is 0 Å². The van der Waals surface area contributed by atoms with E-state index >= 15 is 0 Å². The summed E-state index contributed by atoms with van der Waals surface area (Å²) in [6, 6.07) is 12.7. The summed E-state index contributed by atoms with van der Waals surface area (Å²) in [5.74, 6) is 0. The van der Waals surface area contributed by atoms with Crippen LogP contribution in [-0.2, 0) is 6.42 Å². The Morgan fingerprint density at radius 3 is 2.60 bits per heavy atom. The number of hydrogen-bond acceptors (Lipinski definition) is 2. The monoisotopic (exact) mass is 215 g/mol. The lowest BCUT2D eigenvalue weighted by Gasteiger charge is -2.02. The molecule has 1 nitrogen and oxygen atoms in total. The Morgan fingerprint density at radius 2 is 1.87 bits per heavy atom. The molecule has 76 valence electrons. The van der Waals surface area contributed by atoms with Crippen molar-refractivity contribution >= 4 is 11.8 Å². The third-order valence-electron chi connectivity index (χ3n) is 2.26. The number of thioether (sulfide) groups is 1. The molecule has 15 heavy (non-hydrogen) atoms. The Morgan fingerprint density at radius 1 is 1.07 bits per heavy atom. The molecule has 0 N–H and O–H groups in total. The van der Waals surface area contributed by atoms with Crippen LogP contribution in [0.4, 0.5) is 0 Å². The number of nitrogens with zero attached hydrogens (tertiary/aromatic N) is 1. The van der Waals surface area contributed by atoms with Gasteiger partial charge < -0.3 is 0 Å². The molecule has 0 radical (unpaired) electrons. The maximum atomic E-state index is 4.23. The van der Waals surface area contributed by atoms with Crippen molar-refractivity contribution in [2.45, 2.75) is 11.3 Å². The summed E-state index contributed by atoms with van der Waals surface area (Å²) in [6.45, 7) is 0. The van der Waals surface area contributed by atoms with Gasteiger partial charge in [-0.1, -0.05) is 30.3 Å².